The van der Waals surface area contributed by atoms with Gasteiger partial charge in [0.2, 0.25) is 6.41 Å². The third-order valence-corrected chi connectivity index (χ3v) is 1.70. The Labute approximate surface area is 73.8 Å². The highest BCUT2D eigenvalue weighted by molar-refractivity contribution is 5.72. The van der Waals surface area contributed by atoms with E-state index in [4.69, 9.17) is 0 Å². The number of aromatic nitrogens is 4. The summed E-state index contributed by atoms with van der Waals surface area (Å²) < 4.78 is 1.57. The van der Waals surface area contributed by atoms with Gasteiger partial charge in [0.05, 0.1) is 6.20 Å². The quantitative estimate of drug-likeness (QED) is 0.583. The van der Waals surface area contributed by atoms with Crippen LogP contribution in [0.2, 0.25) is 0 Å². The van der Waals surface area contributed by atoms with Gasteiger partial charge in [0, 0.05) is 7.05 Å². The zero-order chi connectivity index (χ0) is 9.26. The number of amides is 1. The predicted molar refractivity (Wildman–Crippen MR) is 45.5 cm³/mol. The zero-order valence-corrected chi connectivity index (χ0v) is 6.95. The summed E-state index contributed by atoms with van der Waals surface area (Å²) >= 11 is 0. The Bertz CT molecular complexity index is 437. The van der Waals surface area contributed by atoms with E-state index in [-0.39, 0.29) is 0 Å². The van der Waals surface area contributed by atoms with Crippen LogP contribution in [-0.2, 0) is 4.79 Å². The minimum absolute atomic E-state index is 0.573. The fraction of sp³-hybridized carbons (Fsp3) is 0.143. The van der Waals surface area contributed by atoms with Crippen LogP contribution in [-0.4, -0.2) is 33.1 Å². The number of nitrogens with zero attached hydrogens (tertiary/aromatic N) is 5. The summed E-state index contributed by atoms with van der Waals surface area (Å²) in [7, 11) is 1.63. The van der Waals surface area contributed by atoms with E-state index < -0.39 is 0 Å². The second-order valence-corrected chi connectivity index (χ2v) is 2.50. The summed E-state index contributed by atoms with van der Waals surface area (Å²) in [6.07, 6.45) is 5.23. The van der Waals surface area contributed by atoms with Gasteiger partial charge in [0.15, 0.2) is 5.65 Å². The van der Waals surface area contributed by atoms with Crippen molar-refractivity contribution >= 4 is 17.6 Å². The molecule has 0 spiro atoms. The molecule has 0 radical (unpaired) electrons. The highest BCUT2D eigenvalue weighted by Gasteiger charge is 2.05. The van der Waals surface area contributed by atoms with E-state index in [1.807, 2.05) is 0 Å². The van der Waals surface area contributed by atoms with E-state index in [2.05, 4.69) is 15.0 Å². The molecule has 2 aromatic rings. The average molecular weight is 177 g/mol. The normalized spacial score (nSPS) is 10.2. The first-order valence-electron chi connectivity index (χ1n) is 3.64. The minimum atomic E-state index is 0.573. The molecule has 6 nitrogen and oxygen atoms in total. The van der Waals surface area contributed by atoms with E-state index in [9.17, 15) is 4.79 Å². The lowest BCUT2D eigenvalue weighted by Gasteiger charge is -2.11. The molecular weight excluding hydrogens is 170 g/mol. The van der Waals surface area contributed by atoms with Crippen LogP contribution < -0.4 is 5.01 Å². The molecule has 0 saturated carbocycles. The average Bonchev–Trinajstić information content (AvgIpc) is 2.60. The smallest absolute Gasteiger partial charge is 0.228 e. The maximum absolute atomic E-state index is 10.5. The van der Waals surface area contributed by atoms with Crippen molar-refractivity contribution in [3.8, 4) is 0 Å². The fourth-order valence-electron chi connectivity index (χ4n) is 1.05. The summed E-state index contributed by atoms with van der Waals surface area (Å²) in [5.74, 6) is 0. The highest BCUT2D eigenvalue weighted by atomic mass is 16.1. The molecule has 0 unspecified atom stereocenters. The van der Waals surface area contributed by atoms with E-state index in [0.717, 1.165) is 0 Å². The maximum atomic E-state index is 10.5. The largest absolute Gasteiger partial charge is 0.277 e. The molecule has 0 atom stereocenters. The van der Waals surface area contributed by atoms with Crippen molar-refractivity contribution in [2.24, 2.45) is 0 Å². The first-order chi connectivity index (χ1) is 6.33. The first-order valence-corrected chi connectivity index (χ1v) is 3.64. The summed E-state index contributed by atoms with van der Waals surface area (Å²) in [6.45, 7) is 0. The van der Waals surface area contributed by atoms with Gasteiger partial charge in [-0.3, -0.25) is 9.80 Å². The summed E-state index contributed by atoms with van der Waals surface area (Å²) in [5.41, 5.74) is 1.28. The molecule has 0 aliphatic heterocycles. The lowest BCUT2D eigenvalue weighted by atomic mass is 10.6. The van der Waals surface area contributed by atoms with Gasteiger partial charge in [-0.25, -0.2) is 19.6 Å². The van der Waals surface area contributed by atoms with Crippen molar-refractivity contribution in [2.75, 3.05) is 12.1 Å². The number of hydrogen-bond acceptors (Lipinski definition) is 4. The Morgan fingerprint density at radius 2 is 2.38 bits per heavy atom. The monoisotopic (exact) mass is 177 g/mol. The molecule has 0 aromatic carbocycles. The van der Waals surface area contributed by atoms with Crippen molar-refractivity contribution in [3.63, 3.8) is 0 Å². The zero-order valence-electron chi connectivity index (χ0n) is 6.95. The molecule has 0 fully saturated rings. The van der Waals surface area contributed by atoms with E-state index >= 15 is 0 Å². The second-order valence-electron chi connectivity index (χ2n) is 2.50. The van der Waals surface area contributed by atoms with Crippen LogP contribution in [0.4, 0.5) is 0 Å². The molecule has 0 saturated heterocycles. The molecular formula is C7H7N5O. The maximum Gasteiger partial charge on any atom is 0.228 e. The number of hydrogen-bond donors (Lipinski definition) is 0. The van der Waals surface area contributed by atoms with Crippen LogP contribution in [0.1, 0.15) is 0 Å². The highest BCUT2D eigenvalue weighted by Crippen LogP contribution is 2.06. The first kappa shape index (κ1) is 7.66. The van der Waals surface area contributed by atoms with Crippen molar-refractivity contribution in [3.05, 3.63) is 18.9 Å². The Morgan fingerprint density at radius 3 is 3.15 bits per heavy atom. The molecule has 2 aromatic heterocycles. The lowest BCUT2D eigenvalue weighted by molar-refractivity contribution is -0.108. The summed E-state index contributed by atoms with van der Waals surface area (Å²) in [4.78, 5) is 22.3. The second kappa shape index (κ2) is 2.81. The Morgan fingerprint density at radius 1 is 1.54 bits per heavy atom. The molecule has 2 rings (SSSR count). The van der Waals surface area contributed by atoms with Gasteiger partial charge in [-0.2, -0.15) is 0 Å². The molecule has 0 bridgehead atoms. The Kier molecular flexibility index (Phi) is 1.66. The van der Waals surface area contributed by atoms with Crippen molar-refractivity contribution in [1.82, 2.24) is 19.6 Å². The van der Waals surface area contributed by atoms with Gasteiger partial charge in [-0.05, 0) is 0 Å². The molecule has 6 heteroatoms. The standard InChI is InChI=1S/C7H7N5O/c1-11(5-13)12-4-10-7-6(12)2-8-3-9-7/h2-5H,1H3. The van der Waals surface area contributed by atoms with Crippen LogP contribution in [0.3, 0.4) is 0 Å². The third-order valence-electron chi connectivity index (χ3n) is 1.70. The van der Waals surface area contributed by atoms with Gasteiger partial charge in [0.1, 0.15) is 18.2 Å². The Balaban J connectivity index is 2.64. The van der Waals surface area contributed by atoms with Crippen LogP contribution >= 0.6 is 0 Å². The summed E-state index contributed by atoms with van der Waals surface area (Å²) in [6, 6.07) is 0. The van der Waals surface area contributed by atoms with Crippen LogP contribution in [0.5, 0.6) is 0 Å². The third kappa shape index (κ3) is 1.12. The van der Waals surface area contributed by atoms with Gasteiger partial charge < -0.3 is 0 Å². The minimum Gasteiger partial charge on any atom is -0.277 e. The molecule has 1 amide bonds. The lowest BCUT2D eigenvalue weighted by Crippen LogP contribution is -2.27. The van der Waals surface area contributed by atoms with Crippen molar-refractivity contribution in [2.45, 2.75) is 0 Å². The fourth-order valence-corrected chi connectivity index (χ4v) is 1.05. The molecule has 13 heavy (non-hydrogen) atoms. The van der Waals surface area contributed by atoms with Crippen LogP contribution in [0.25, 0.3) is 11.2 Å². The van der Waals surface area contributed by atoms with Gasteiger partial charge >= 0.3 is 0 Å². The van der Waals surface area contributed by atoms with Crippen LogP contribution in [0.15, 0.2) is 18.9 Å². The van der Waals surface area contributed by atoms with E-state index in [1.165, 1.54) is 17.7 Å². The van der Waals surface area contributed by atoms with Crippen molar-refractivity contribution < 1.29 is 4.79 Å². The topological polar surface area (TPSA) is 63.9 Å². The van der Waals surface area contributed by atoms with E-state index in [0.29, 0.717) is 17.6 Å². The van der Waals surface area contributed by atoms with Crippen LogP contribution in [0, 0.1) is 0 Å². The number of rotatable bonds is 2. The summed E-state index contributed by atoms with van der Waals surface area (Å²) in [5, 5.41) is 1.36. The number of imidazole rings is 1. The number of carbonyl (C=O) groups is 1. The van der Waals surface area contributed by atoms with Crippen molar-refractivity contribution in [1.29, 1.82) is 0 Å². The molecule has 2 heterocycles. The molecule has 0 aliphatic rings. The molecule has 66 valence electrons. The molecule has 0 N–H and O–H groups in total. The number of fused-ring (bicyclic) bond motifs is 1. The molecule has 0 aliphatic carbocycles. The number of carbonyl (C=O) groups excluding carboxylic acids is 1. The van der Waals surface area contributed by atoms with E-state index in [1.54, 1.807) is 17.9 Å². The van der Waals surface area contributed by atoms with Gasteiger partial charge in [0.25, 0.3) is 0 Å². The SMILES string of the molecule is CN(C=O)n1cnc2ncncc21. The van der Waals surface area contributed by atoms with Gasteiger partial charge in [-0.15, -0.1) is 0 Å². The Hall–Kier alpha value is -1.98. The predicted octanol–water partition coefficient (Wildman–Crippen LogP) is -0.450. The van der Waals surface area contributed by atoms with Gasteiger partial charge in [-0.1, -0.05) is 0 Å².